The summed E-state index contributed by atoms with van der Waals surface area (Å²) in [6.45, 7) is 13.8. The average Bonchev–Trinajstić information content (AvgIpc) is 2.83. The van der Waals surface area contributed by atoms with Gasteiger partial charge in [-0.2, -0.15) is 0 Å². The van der Waals surface area contributed by atoms with E-state index in [4.69, 9.17) is 10.5 Å². The molecule has 0 aromatic rings. The van der Waals surface area contributed by atoms with Gasteiger partial charge in [-0.05, 0) is 65.8 Å². The van der Waals surface area contributed by atoms with Crippen LogP contribution in [0.5, 0.6) is 0 Å². The molecule has 0 aromatic carbocycles. The van der Waals surface area contributed by atoms with Gasteiger partial charge < -0.3 is 15.8 Å². The molecule has 5 nitrogen and oxygen atoms in total. The number of nitrogens with one attached hydrogen (secondary N) is 1. The van der Waals surface area contributed by atoms with E-state index in [1.54, 1.807) is 0 Å². The van der Waals surface area contributed by atoms with Crippen LogP contribution in [-0.4, -0.2) is 40.9 Å². The highest BCUT2D eigenvalue weighted by molar-refractivity contribution is 5.71. The van der Waals surface area contributed by atoms with E-state index in [1.807, 2.05) is 32.6 Å². The first kappa shape index (κ1) is 16.6. The van der Waals surface area contributed by atoms with Gasteiger partial charge in [0.15, 0.2) is 0 Å². The normalized spacial score (nSPS) is 40.6. The fourth-order valence-corrected chi connectivity index (χ4v) is 3.69. The number of fused-ring (bicyclic) bond motifs is 1. The van der Waals surface area contributed by atoms with E-state index in [9.17, 15) is 4.79 Å². The molecule has 4 unspecified atom stereocenters. The molecule has 1 aliphatic heterocycles. The lowest BCUT2D eigenvalue weighted by Gasteiger charge is -2.44. The zero-order valence-electron chi connectivity index (χ0n) is 14.3. The largest absolute Gasteiger partial charge is 0.444 e. The lowest BCUT2D eigenvalue weighted by atomic mass is 9.95. The number of amides is 1. The smallest absolute Gasteiger partial charge is 0.412 e. The van der Waals surface area contributed by atoms with Crippen LogP contribution in [0, 0.1) is 11.8 Å². The minimum Gasteiger partial charge on any atom is -0.444 e. The molecule has 0 spiro atoms. The SMILES string of the molecule is CC1CNCC2CC2(C)N(C(=O)OC(C)(C)C)C(C)(N)C1. The van der Waals surface area contributed by atoms with Gasteiger partial charge in [0, 0.05) is 12.1 Å². The predicted octanol–water partition coefficient (Wildman–Crippen LogP) is 2.31. The zero-order chi connectivity index (χ0) is 16.1. The van der Waals surface area contributed by atoms with Crippen LogP contribution < -0.4 is 11.1 Å². The molecule has 21 heavy (non-hydrogen) atoms. The third-order valence-corrected chi connectivity index (χ3v) is 4.62. The second-order valence-corrected chi connectivity index (χ2v) is 8.40. The van der Waals surface area contributed by atoms with E-state index in [1.165, 1.54) is 0 Å². The molecule has 1 aliphatic carbocycles. The molecule has 4 atom stereocenters. The van der Waals surface area contributed by atoms with Crippen LogP contribution in [0.1, 0.15) is 54.4 Å². The number of hydrogen-bond acceptors (Lipinski definition) is 4. The molecule has 1 heterocycles. The standard InChI is InChI=1S/C16H31N3O2/c1-11-7-16(6,17)19(13(20)21-14(2,3)4)15(5)8-12(15)10-18-9-11/h11-12,18H,7-10,17H2,1-6H3. The molecule has 0 bridgehead atoms. The van der Waals surface area contributed by atoms with Crippen LogP contribution in [0.2, 0.25) is 0 Å². The highest BCUT2D eigenvalue weighted by Gasteiger charge is 2.60. The van der Waals surface area contributed by atoms with Crippen molar-refractivity contribution in [2.45, 2.75) is 71.2 Å². The Hall–Kier alpha value is -0.810. The number of nitrogens with zero attached hydrogens (tertiary/aromatic N) is 1. The van der Waals surface area contributed by atoms with Gasteiger partial charge in [-0.3, -0.25) is 4.90 Å². The van der Waals surface area contributed by atoms with Gasteiger partial charge in [0.05, 0.1) is 5.66 Å². The van der Waals surface area contributed by atoms with E-state index in [0.29, 0.717) is 11.8 Å². The molecule has 0 aromatic heterocycles. The highest BCUT2D eigenvalue weighted by Crippen LogP contribution is 2.51. The van der Waals surface area contributed by atoms with Gasteiger partial charge in [0.2, 0.25) is 0 Å². The van der Waals surface area contributed by atoms with Crippen LogP contribution in [0.15, 0.2) is 0 Å². The van der Waals surface area contributed by atoms with Gasteiger partial charge >= 0.3 is 6.09 Å². The Morgan fingerprint density at radius 3 is 2.48 bits per heavy atom. The summed E-state index contributed by atoms with van der Waals surface area (Å²) >= 11 is 0. The Morgan fingerprint density at radius 2 is 1.90 bits per heavy atom. The average molecular weight is 297 g/mol. The van der Waals surface area contributed by atoms with Crippen molar-refractivity contribution in [1.82, 2.24) is 10.2 Å². The molecule has 122 valence electrons. The van der Waals surface area contributed by atoms with Crippen LogP contribution in [0.4, 0.5) is 4.79 Å². The summed E-state index contributed by atoms with van der Waals surface area (Å²) in [4.78, 5) is 14.6. The number of ether oxygens (including phenoxy) is 1. The summed E-state index contributed by atoms with van der Waals surface area (Å²) in [5.41, 5.74) is 5.19. The Bertz CT molecular complexity index is 416. The molecule has 1 amide bonds. The zero-order valence-corrected chi connectivity index (χ0v) is 14.3. The van der Waals surface area contributed by atoms with Crippen LogP contribution in [0.3, 0.4) is 0 Å². The molecule has 3 N–H and O–H groups in total. The second kappa shape index (κ2) is 5.13. The lowest BCUT2D eigenvalue weighted by molar-refractivity contribution is -0.0231. The Morgan fingerprint density at radius 1 is 1.29 bits per heavy atom. The van der Waals surface area contributed by atoms with Gasteiger partial charge in [0.1, 0.15) is 5.60 Å². The van der Waals surface area contributed by atoms with Crippen molar-refractivity contribution in [1.29, 1.82) is 0 Å². The summed E-state index contributed by atoms with van der Waals surface area (Å²) in [6, 6.07) is 0. The van der Waals surface area contributed by atoms with Crippen LogP contribution in [-0.2, 0) is 4.74 Å². The lowest BCUT2D eigenvalue weighted by Crippen LogP contribution is -2.62. The van der Waals surface area contributed by atoms with E-state index in [-0.39, 0.29) is 11.6 Å². The van der Waals surface area contributed by atoms with Crippen LogP contribution in [0.25, 0.3) is 0 Å². The van der Waals surface area contributed by atoms with Crippen molar-refractivity contribution >= 4 is 6.09 Å². The van der Waals surface area contributed by atoms with Crippen molar-refractivity contribution < 1.29 is 9.53 Å². The third kappa shape index (κ3) is 3.51. The monoisotopic (exact) mass is 297 g/mol. The fraction of sp³-hybridized carbons (Fsp3) is 0.938. The second-order valence-electron chi connectivity index (χ2n) is 8.40. The van der Waals surface area contributed by atoms with Gasteiger partial charge in [-0.25, -0.2) is 4.79 Å². The predicted molar refractivity (Wildman–Crippen MR) is 83.8 cm³/mol. The van der Waals surface area contributed by atoms with E-state index in [2.05, 4.69) is 19.2 Å². The minimum absolute atomic E-state index is 0.192. The maximum absolute atomic E-state index is 12.8. The van der Waals surface area contributed by atoms with E-state index >= 15 is 0 Å². The number of hydrogen-bond donors (Lipinski definition) is 2. The Balaban J connectivity index is 2.29. The summed E-state index contributed by atoms with van der Waals surface area (Å²) in [7, 11) is 0. The first-order valence-electron chi connectivity index (χ1n) is 7.99. The molecule has 1 saturated heterocycles. The number of rotatable bonds is 0. The summed E-state index contributed by atoms with van der Waals surface area (Å²) < 4.78 is 5.63. The quantitative estimate of drug-likeness (QED) is 0.720. The van der Waals surface area contributed by atoms with Gasteiger partial charge in [0.25, 0.3) is 0 Å². The Labute approximate surface area is 128 Å². The maximum atomic E-state index is 12.8. The van der Waals surface area contributed by atoms with Crippen molar-refractivity contribution in [2.75, 3.05) is 13.1 Å². The highest BCUT2D eigenvalue weighted by atomic mass is 16.6. The number of nitrogens with two attached hydrogens (primary N) is 1. The van der Waals surface area contributed by atoms with Gasteiger partial charge in [-0.15, -0.1) is 0 Å². The maximum Gasteiger partial charge on any atom is 0.412 e. The minimum atomic E-state index is -0.683. The molecule has 2 aliphatic rings. The molecular formula is C16H31N3O2. The fourth-order valence-electron chi connectivity index (χ4n) is 3.69. The number of carbonyl (C=O) groups excluding carboxylic acids is 1. The van der Waals surface area contributed by atoms with E-state index in [0.717, 1.165) is 25.9 Å². The molecule has 2 fully saturated rings. The van der Waals surface area contributed by atoms with Crippen LogP contribution >= 0.6 is 0 Å². The van der Waals surface area contributed by atoms with Crippen molar-refractivity contribution in [3.63, 3.8) is 0 Å². The Kier molecular flexibility index (Phi) is 4.04. The first-order chi connectivity index (χ1) is 9.46. The molecule has 1 saturated carbocycles. The third-order valence-electron chi connectivity index (χ3n) is 4.62. The molecule has 5 heteroatoms. The van der Waals surface area contributed by atoms with Gasteiger partial charge in [-0.1, -0.05) is 6.92 Å². The van der Waals surface area contributed by atoms with Crippen molar-refractivity contribution in [3.8, 4) is 0 Å². The van der Waals surface area contributed by atoms with E-state index < -0.39 is 11.3 Å². The molecule has 0 radical (unpaired) electrons. The first-order valence-corrected chi connectivity index (χ1v) is 7.99. The summed E-state index contributed by atoms with van der Waals surface area (Å²) in [5.74, 6) is 0.879. The molecular weight excluding hydrogens is 266 g/mol. The molecule has 2 rings (SSSR count). The summed E-state index contributed by atoms with van der Waals surface area (Å²) in [5, 5.41) is 3.50. The number of carbonyl (C=O) groups is 1. The summed E-state index contributed by atoms with van der Waals surface area (Å²) in [6.07, 6.45) is 1.47. The van der Waals surface area contributed by atoms with Crippen molar-refractivity contribution in [3.05, 3.63) is 0 Å². The topological polar surface area (TPSA) is 67.6 Å². The van der Waals surface area contributed by atoms with Crippen molar-refractivity contribution in [2.24, 2.45) is 17.6 Å².